The molecule has 0 heterocycles. The number of hydrogen-bond acceptors (Lipinski definition) is 4. The van der Waals surface area contributed by atoms with Crippen LogP contribution < -0.4 is 0 Å². The molecule has 1 saturated carbocycles. The number of ether oxygens (including phenoxy) is 1. The van der Waals surface area contributed by atoms with Gasteiger partial charge in [-0.2, -0.15) is 0 Å². The van der Waals surface area contributed by atoms with E-state index in [0.717, 1.165) is 12.8 Å². The first-order valence-corrected chi connectivity index (χ1v) is 7.88. The average molecular weight is 333 g/mol. The topological polar surface area (TPSA) is 60.4 Å². The van der Waals surface area contributed by atoms with E-state index in [1.54, 1.807) is 12.1 Å². The minimum atomic E-state index is -3.68. The molecule has 0 spiro atoms. The lowest BCUT2D eigenvalue weighted by atomic mass is 10.3. The second-order valence-electron chi connectivity index (χ2n) is 4.28. The molecule has 2 rings (SSSR count). The highest BCUT2D eigenvalue weighted by Crippen LogP contribution is 2.39. The van der Waals surface area contributed by atoms with Crippen LogP contribution in [0.25, 0.3) is 0 Å². The lowest BCUT2D eigenvalue weighted by molar-refractivity contribution is -0.140. The number of sulfone groups is 1. The monoisotopic (exact) mass is 332 g/mol. The van der Waals surface area contributed by atoms with E-state index >= 15 is 0 Å². The van der Waals surface area contributed by atoms with Gasteiger partial charge in [0.1, 0.15) is 0 Å². The van der Waals surface area contributed by atoms with Gasteiger partial charge in [0.25, 0.3) is 0 Å². The SMILES string of the molecule is COC(=O)C(C1CC1)S(=O)(=O)c1cccc(Br)c1. The van der Waals surface area contributed by atoms with Crippen molar-refractivity contribution in [1.82, 2.24) is 0 Å². The van der Waals surface area contributed by atoms with Gasteiger partial charge in [-0.05, 0) is 37.0 Å². The number of benzene rings is 1. The molecule has 0 aromatic heterocycles. The van der Waals surface area contributed by atoms with Crippen LogP contribution in [0.5, 0.6) is 0 Å². The van der Waals surface area contributed by atoms with Crippen molar-refractivity contribution in [3.63, 3.8) is 0 Å². The van der Waals surface area contributed by atoms with Gasteiger partial charge in [-0.3, -0.25) is 4.79 Å². The Morgan fingerprint density at radius 1 is 1.44 bits per heavy atom. The minimum Gasteiger partial charge on any atom is -0.468 e. The van der Waals surface area contributed by atoms with Crippen LogP contribution in [0.1, 0.15) is 12.8 Å². The Labute approximate surface area is 114 Å². The summed E-state index contributed by atoms with van der Waals surface area (Å²) in [4.78, 5) is 11.8. The fraction of sp³-hybridized carbons (Fsp3) is 0.417. The van der Waals surface area contributed by atoms with Crippen LogP contribution in [0.4, 0.5) is 0 Å². The molecular weight excluding hydrogens is 320 g/mol. The maximum absolute atomic E-state index is 12.4. The quantitative estimate of drug-likeness (QED) is 0.793. The standard InChI is InChI=1S/C12H13BrO4S/c1-17-12(14)11(8-5-6-8)18(15,16)10-4-2-3-9(13)7-10/h2-4,7-8,11H,5-6H2,1H3. The normalized spacial score (nSPS) is 17.2. The van der Waals surface area contributed by atoms with E-state index in [1.165, 1.54) is 19.2 Å². The Balaban J connectivity index is 2.42. The number of hydrogen-bond donors (Lipinski definition) is 0. The van der Waals surface area contributed by atoms with Crippen molar-refractivity contribution < 1.29 is 17.9 Å². The van der Waals surface area contributed by atoms with Gasteiger partial charge < -0.3 is 4.74 Å². The van der Waals surface area contributed by atoms with E-state index in [9.17, 15) is 13.2 Å². The van der Waals surface area contributed by atoms with Gasteiger partial charge in [-0.15, -0.1) is 0 Å². The number of esters is 1. The fourth-order valence-electron chi connectivity index (χ4n) is 1.88. The Bertz CT molecular complexity index is 563. The summed E-state index contributed by atoms with van der Waals surface area (Å²) in [6.45, 7) is 0. The van der Waals surface area contributed by atoms with E-state index in [1.807, 2.05) is 0 Å². The van der Waals surface area contributed by atoms with Gasteiger partial charge in [-0.25, -0.2) is 8.42 Å². The molecule has 1 aliphatic carbocycles. The van der Waals surface area contributed by atoms with Crippen molar-refractivity contribution in [2.75, 3.05) is 7.11 Å². The van der Waals surface area contributed by atoms with Crippen molar-refractivity contribution in [3.8, 4) is 0 Å². The van der Waals surface area contributed by atoms with Crippen molar-refractivity contribution >= 4 is 31.7 Å². The summed E-state index contributed by atoms with van der Waals surface area (Å²) in [5.74, 6) is -0.779. The van der Waals surface area contributed by atoms with Crippen LogP contribution in [0.3, 0.4) is 0 Å². The van der Waals surface area contributed by atoms with Crippen LogP contribution in [0.2, 0.25) is 0 Å². The third-order valence-corrected chi connectivity index (χ3v) is 5.59. The zero-order chi connectivity index (χ0) is 13.3. The zero-order valence-electron chi connectivity index (χ0n) is 9.80. The zero-order valence-corrected chi connectivity index (χ0v) is 12.2. The molecule has 0 N–H and O–H groups in total. The van der Waals surface area contributed by atoms with E-state index in [0.29, 0.717) is 4.47 Å². The van der Waals surface area contributed by atoms with Crippen molar-refractivity contribution in [2.24, 2.45) is 5.92 Å². The summed E-state index contributed by atoms with van der Waals surface area (Å²) < 4.78 is 30.2. The van der Waals surface area contributed by atoms with Crippen LogP contribution in [0.15, 0.2) is 33.6 Å². The highest BCUT2D eigenvalue weighted by atomic mass is 79.9. The van der Waals surface area contributed by atoms with Gasteiger partial charge in [0, 0.05) is 4.47 Å². The van der Waals surface area contributed by atoms with Crippen molar-refractivity contribution in [2.45, 2.75) is 23.0 Å². The number of halogens is 1. The average Bonchev–Trinajstić information content (AvgIpc) is 3.13. The Morgan fingerprint density at radius 3 is 2.61 bits per heavy atom. The Kier molecular flexibility index (Phi) is 3.77. The summed E-state index contributed by atoms with van der Waals surface area (Å²) >= 11 is 3.23. The highest BCUT2D eigenvalue weighted by Gasteiger charge is 2.46. The molecule has 0 saturated heterocycles. The Hall–Kier alpha value is -0.880. The third-order valence-electron chi connectivity index (χ3n) is 2.94. The molecular formula is C12H13BrO4S. The molecule has 1 atom stereocenters. The summed E-state index contributed by atoms with van der Waals surface area (Å²) in [7, 11) is -2.46. The smallest absolute Gasteiger partial charge is 0.324 e. The second-order valence-corrected chi connectivity index (χ2v) is 7.27. The predicted octanol–water partition coefficient (Wildman–Crippen LogP) is 2.17. The summed E-state index contributed by atoms with van der Waals surface area (Å²) in [5.41, 5.74) is 0. The number of rotatable bonds is 4. The maximum atomic E-state index is 12.4. The summed E-state index contributed by atoms with van der Waals surface area (Å²) in [6.07, 6.45) is 1.51. The summed E-state index contributed by atoms with van der Waals surface area (Å²) in [6, 6.07) is 6.38. The van der Waals surface area contributed by atoms with Crippen molar-refractivity contribution in [3.05, 3.63) is 28.7 Å². The lowest BCUT2D eigenvalue weighted by Gasteiger charge is -2.14. The first-order valence-electron chi connectivity index (χ1n) is 5.54. The molecule has 1 aromatic rings. The van der Waals surface area contributed by atoms with Crippen LogP contribution >= 0.6 is 15.9 Å². The molecule has 1 aromatic carbocycles. The lowest BCUT2D eigenvalue weighted by Crippen LogP contribution is -2.33. The van der Waals surface area contributed by atoms with E-state index in [4.69, 9.17) is 0 Å². The van der Waals surface area contributed by atoms with E-state index in [2.05, 4.69) is 20.7 Å². The van der Waals surface area contributed by atoms with Gasteiger partial charge in [0.05, 0.1) is 12.0 Å². The molecule has 98 valence electrons. The van der Waals surface area contributed by atoms with E-state index < -0.39 is 21.1 Å². The molecule has 0 radical (unpaired) electrons. The highest BCUT2D eigenvalue weighted by molar-refractivity contribution is 9.10. The van der Waals surface area contributed by atoms with Gasteiger partial charge in [-0.1, -0.05) is 22.0 Å². The molecule has 1 unspecified atom stereocenters. The maximum Gasteiger partial charge on any atom is 0.324 e. The largest absolute Gasteiger partial charge is 0.468 e. The third kappa shape index (κ3) is 2.59. The number of carbonyl (C=O) groups is 1. The van der Waals surface area contributed by atoms with Gasteiger partial charge >= 0.3 is 5.97 Å². The molecule has 4 nitrogen and oxygen atoms in total. The first kappa shape index (κ1) is 13.5. The van der Waals surface area contributed by atoms with Gasteiger partial charge in [0.15, 0.2) is 15.1 Å². The molecule has 0 amide bonds. The van der Waals surface area contributed by atoms with Crippen LogP contribution in [0, 0.1) is 5.92 Å². The first-order chi connectivity index (χ1) is 8.46. The van der Waals surface area contributed by atoms with Crippen LogP contribution in [-0.4, -0.2) is 26.7 Å². The minimum absolute atomic E-state index is 0.110. The predicted molar refractivity (Wildman–Crippen MR) is 69.9 cm³/mol. The molecule has 0 aliphatic heterocycles. The molecule has 1 fully saturated rings. The molecule has 0 bridgehead atoms. The van der Waals surface area contributed by atoms with Crippen LogP contribution in [-0.2, 0) is 19.4 Å². The van der Waals surface area contributed by atoms with E-state index in [-0.39, 0.29) is 10.8 Å². The summed E-state index contributed by atoms with van der Waals surface area (Å²) in [5, 5.41) is -1.07. The Morgan fingerprint density at radius 2 is 2.11 bits per heavy atom. The molecule has 1 aliphatic rings. The second kappa shape index (κ2) is 5.01. The van der Waals surface area contributed by atoms with Crippen molar-refractivity contribution in [1.29, 1.82) is 0 Å². The fourth-order valence-corrected chi connectivity index (χ4v) is 4.41. The number of carbonyl (C=O) groups excluding carboxylic acids is 1. The number of methoxy groups -OCH3 is 1. The molecule has 6 heteroatoms. The molecule has 18 heavy (non-hydrogen) atoms. The van der Waals surface area contributed by atoms with Gasteiger partial charge in [0.2, 0.25) is 0 Å².